The molecular weight excluding hydrogens is 276 g/mol. The van der Waals surface area contributed by atoms with E-state index in [1.165, 1.54) is 0 Å². The highest BCUT2D eigenvalue weighted by Crippen LogP contribution is 2.47. The second kappa shape index (κ2) is 5.82. The van der Waals surface area contributed by atoms with Crippen molar-refractivity contribution in [2.45, 2.75) is 45.4 Å². The van der Waals surface area contributed by atoms with E-state index in [2.05, 4.69) is 13.8 Å². The zero-order valence-electron chi connectivity index (χ0n) is 12.6. The molecule has 3 nitrogen and oxygen atoms in total. The molecular formula is C16H23ClO3. The van der Waals surface area contributed by atoms with Crippen LogP contribution in [0.15, 0.2) is 6.07 Å². The van der Waals surface area contributed by atoms with Crippen LogP contribution in [0.3, 0.4) is 0 Å². The molecule has 0 saturated carbocycles. The molecule has 0 unspecified atom stereocenters. The van der Waals surface area contributed by atoms with Crippen LogP contribution in [-0.2, 0) is 5.41 Å². The van der Waals surface area contributed by atoms with Gasteiger partial charge >= 0.3 is 0 Å². The van der Waals surface area contributed by atoms with E-state index in [9.17, 15) is 5.11 Å². The Bertz CT molecular complexity index is 495. The molecule has 0 aromatic heterocycles. The first-order valence-electron chi connectivity index (χ1n) is 7.12. The minimum Gasteiger partial charge on any atom is -0.489 e. The van der Waals surface area contributed by atoms with Crippen LogP contribution in [0.5, 0.6) is 11.5 Å². The topological polar surface area (TPSA) is 38.7 Å². The summed E-state index contributed by atoms with van der Waals surface area (Å²) in [6.45, 7) is 9.56. The average molecular weight is 299 g/mol. The Kier molecular flexibility index (Phi) is 4.50. The smallest absolute Gasteiger partial charge is 0.180 e. The molecule has 0 fully saturated rings. The number of rotatable bonds is 3. The number of halogens is 1. The molecule has 0 radical (unpaired) electrons. The first-order chi connectivity index (χ1) is 9.38. The van der Waals surface area contributed by atoms with Gasteiger partial charge in [0.25, 0.3) is 0 Å². The van der Waals surface area contributed by atoms with Crippen molar-refractivity contribution in [3.63, 3.8) is 0 Å². The van der Waals surface area contributed by atoms with Gasteiger partial charge in [-0.1, -0.05) is 39.3 Å². The van der Waals surface area contributed by atoms with E-state index in [4.69, 9.17) is 21.1 Å². The average Bonchev–Trinajstić information content (AvgIpc) is 2.64. The van der Waals surface area contributed by atoms with E-state index in [0.717, 1.165) is 23.3 Å². The Balaban J connectivity index is 2.70. The van der Waals surface area contributed by atoms with Crippen molar-refractivity contribution in [2.24, 2.45) is 0 Å². The molecule has 0 amide bonds. The molecule has 0 bridgehead atoms. The molecule has 112 valence electrons. The molecule has 20 heavy (non-hydrogen) atoms. The third-order valence-corrected chi connectivity index (χ3v) is 3.99. The minimum atomic E-state index is -0.367. The second-order valence-electron chi connectivity index (χ2n) is 6.23. The third kappa shape index (κ3) is 2.75. The molecule has 0 atom stereocenters. The Morgan fingerprint density at radius 1 is 1.25 bits per heavy atom. The molecule has 1 aliphatic heterocycles. The van der Waals surface area contributed by atoms with Crippen LogP contribution in [0.1, 0.15) is 51.2 Å². The Morgan fingerprint density at radius 3 is 2.40 bits per heavy atom. The van der Waals surface area contributed by atoms with Crippen molar-refractivity contribution in [3.8, 4) is 11.5 Å². The number of aliphatic hydroxyl groups is 1. The van der Waals surface area contributed by atoms with Crippen LogP contribution < -0.4 is 9.47 Å². The Hall–Kier alpha value is -0.930. The molecule has 1 aromatic rings. The van der Waals surface area contributed by atoms with Crippen molar-refractivity contribution in [3.05, 3.63) is 22.2 Å². The molecule has 0 aliphatic carbocycles. The predicted molar refractivity (Wildman–Crippen MR) is 81.3 cm³/mol. The summed E-state index contributed by atoms with van der Waals surface area (Å²) in [5.74, 6) is 1.66. The van der Waals surface area contributed by atoms with Crippen LogP contribution in [0, 0.1) is 0 Å². The Morgan fingerprint density at radius 2 is 1.85 bits per heavy atom. The molecule has 2 rings (SSSR count). The first-order valence-corrected chi connectivity index (χ1v) is 7.49. The summed E-state index contributed by atoms with van der Waals surface area (Å²) in [6.07, 6.45) is 0.848. The molecule has 4 heteroatoms. The van der Waals surface area contributed by atoms with Crippen molar-refractivity contribution in [2.75, 3.05) is 19.8 Å². The van der Waals surface area contributed by atoms with Gasteiger partial charge in [-0.05, 0) is 17.5 Å². The third-order valence-electron chi connectivity index (χ3n) is 3.71. The fraction of sp³-hybridized carbons (Fsp3) is 0.625. The highest BCUT2D eigenvalue weighted by Gasteiger charge is 2.30. The summed E-state index contributed by atoms with van der Waals surface area (Å²) < 4.78 is 11.7. The summed E-state index contributed by atoms with van der Waals surface area (Å²) >= 11 is 6.37. The lowest BCUT2D eigenvalue weighted by Gasteiger charge is -2.29. The predicted octanol–water partition coefficient (Wildman–Crippen LogP) is 3.89. The van der Waals surface area contributed by atoms with Gasteiger partial charge < -0.3 is 14.6 Å². The van der Waals surface area contributed by atoms with Gasteiger partial charge in [-0.15, -0.1) is 0 Å². The molecule has 1 aromatic carbocycles. The molecule has 1 aliphatic rings. The van der Waals surface area contributed by atoms with Gasteiger partial charge in [-0.2, -0.15) is 0 Å². The van der Waals surface area contributed by atoms with Crippen LogP contribution in [0.25, 0.3) is 0 Å². The number of ether oxygens (including phenoxy) is 2. The van der Waals surface area contributed by atoms with Gasteiger partial charge in [-0.3, -0.25) is 0 Å². The number of hydrogen-bond acceptors (Lipinski definition) is 3. The molecule has 1 heterocycles. The van der Waals surface area contributed by atoms with Crippen LogP contribution >= 0.6 is 11.6 Å². The van der Waals surface area contributed by atoms with E-state index in [1.807, 2.05) is 19.9 Å². The van der Waals surface area contributed by atoms with Gasteiger partial charge in [0.15, 0.2) is 11.5 Å². The van der Waals surface area contributed by atoms with Gasteiger partial charge in [0.05, 0.1) is 24.8 Å². The highest BCUT2D eigenvalue weighted by molar-refractivity contribution is 6.32. The SMILES string of the molecule is CC(C)c1c(C(C)(C)CO)cc(Cl)c2c1OCCCO2. The lowest BCUT2D eigenvalue weighted by Crippen LogP contribution is -2.25. The van der Waals surface area contributed by atoms with E-state index >= 15 is 0 Å². The van der Waals surface area contributed by atoms with Crippen LogP contribution in [0.2, 0.25) is 5.02 Å². The second-order valence-corrected chi connectivity index (χ2v) is 6.63. The molecule has 0 saturated heterocycles. The van der Waals surface area contributed by atoms with E-state index in [1.54, 1.807) is 0 Å². The lowest BCUT2D eigenvalue weighted by atomic mass is 9.79. The van der Waals surface area contributed by atoms with Gasteiger partial charge in [0.2, 0.25) is 0 Å². The highest BCUT2D eigenvalue weighted by atomic mass is 35.5. The molecule has 1 N–H and O–H groups in total. The standard InChI is InChI=1S/C16H23ClO3/c1-10(2)13-11(16(3,4)9-18)8-12(17)14-15(13)20-7-5-6-19-14/h8,10,18H,5-7,9H2,1-4H3. The summed E-state index contributed by atoms with van der Waals surface area (Å²) in [7, 11) is 0. The van der Waals surface area contributed by atoms with Gasteiger partial charge in [-0.25, -0.2) is 0 Å². The number of fused-ring (bicyclic) bond motifs is 1. The quantitative estimate of drug-likeness (QED) is 0.920. The maximum absolute atomic E-state index is 9.69. The van der Waals surface area contributed by atoms with E-state index in [0.29, 0.717) is 24.0 Å². The zero-order chi connectivity index (χ0) is 14.9. The lowest BCUT2D eigenvalue weighted by molar-refractivity contribution is 0.216. The van der Waals surface area contributed by atoms with Crippen molar-refractivity contribution < 1.29 is 14.6 Å². The summed E-state index contributed by atoms with van der Waals surface area (Å²) in [5.41, 5.74) is 1.75. The van der Waals surface area contributed by atoms with Crippen molar-refractivity contribution in [1.82, 2.24) is 0 Å². The number of benzene rings is 1. The van der Waals surface area contributed by atoms with Gasteiger partial charge in [0, 0.05) is 17.4 Å². The maximum Gasteiger partial charge on any atom is 0.180 e. The van der Waals surface area contributed by atoms with Crippen LogP contribution in [0.4, 0.5) is 0 Å². The number of hydrogen-bond donors (Lipinski definition) is 1. The largest absolute Gasteiger partial charge is 0.489 e. The van der Waals surface area contributed by atoms with E-state index < -0.39 is 0 Å². The fourth-order valence-electron chi connectivity index (χ4n) is 2.53. The monoisotopic (exact) mass is 298 g/mol. The number of aliphatic hydroxyl groups excluding tert-OH is 1. The van der Waals surface area contributed by atoms with Crippen LogP contribution in [-0.4, -0.2) is 24.9 Å². The maximum atomic E-state index is 9.69. The van der Waals surface area contributed by atoms with E-state index in [-0.39, 0.29) is 17.9 Å². The minimum absolute atomic E-state index is 0.0582. The molecule has 0 spiro atoms. The summed E-state index contributed by atoms with van der Waals surface area (Å²) in [6, 6.07) is 1.92. The summed E-state index contributed by atoms with van der Waals surface area (Å²) in [4.78, 5) is 0. The zero-order valence-corrected chi connectivity index (χ0v) is 13.4. The van der Waals surface area contributed by atoms with Gasteiger partial charge in [0.1, 0.15) is 0 Å². The van der Waals surface area contributed by atoms with Crippen molar-refractivity contribution >= 4 is 11.6 Å². The normalized spacial score (nSPS) is 15.3. The first kappa shape index (κ1) is 15.5. The summed E-state index contributed by atoms with van der Waals surface area (Å²) in [5, 5.41) is 10.2. The van der Waals surface area contributed by atoms with Crippen molar-refractivity contribution in [1.29, 1.82) is 0 Å². The Labute approximate surface area is 125 Å². The fourth-order valence-corrected chi connectivity index (χ4v) is 2.78.